The summed E-state index contributed by atoms with van der Waals surface area (Å²) in [4.78, 5) is 4.57. The molecule has 1 unspecified atom stereocenters. The molecule has 1 atom stereocenters. The van der Waals surface area contributed by atoms with E-state index in [1.807, 2.05) is 24.3 Å². The Morgan fingerprint density at radius 1 is 1.30 bits per heavy atom. The lowest BCUT2D eigenvalue weighted by atomic mass is 10.1. The Morgan fingerprint density at radius 3 is 2.95 bits per heavy atom. The molecule has 4 heteroatoms. The van der Waals surface area contributed by atoms with Crippen LogP contribution in [0.4, 0.5) is 0 Å². The van der Waals surface area contributed by atoms with E-state index in [-0.39, 0.29) is 6.04 Å². The van der Waals surface area contributed by atoms with E-state index < -0.39 is 0 Å². The highest BCUT2D eigenvalue weighted by Gasteiger charge is 2.15. The number of para-hydroxylation sites is 2. The fourth-order valence-electron chi connectivity index (χ4n) is 2.28. The third kappa shape index (κ3) is 2.92. The predicted molar refractivity (Wildman–Crippen MR) is 83.1 cm³/mol. The third-order valence-electron chi connectivity index (χ3n) is 3.30. The molecule has 0 aliphatic heterocycles. The summed E-state index contributed by atoms with van der Waals surface area (Å²) >= 11 is 1.73. The van der Waals surface area contributed by atoms with E-state index in [4.69, 9.17) is 4.42 Å². The zero-order valence-electron chi connectivity index (χ0n) is 11.5. The fourth-order valence-corrected chi connectivity index (χ4v) is 3.00. The Bertz CT molecular complexity index is 627. The first kappa shape index (κ1) is 13.3. The van der Waals surface area contributed by atoms with E-state index in [0.717, 1.165) is 36.4 Å². The van der Waals surface area contributed by atoms with E-state index in [1.54, 1.807) is 11.3 Å². The summed E-state index contributed by atoms with van der Waals surface area (Å²) in [6.07, 6.45) is 1.90. The number of hydrogen-bond donors (Lipinski definition) is 1. The Kier molecular flexibility index (Phi) is 4.14. The van der Waals surface area contributed by atoms with E-state index in [0.29, 0.717) is 0 Å². The van der Waals surface area contributed by atoms with Crippen molar-refractivity contribution in [2.24, 2.45) is 0 Å². The lowest BCUT2D eigenvalue weighted by Crippen LogP contribution is -2.23. The molecule has 0 aliphatic rings. The summed E-state index contributed by atoms with van der Waals surface area (Å²) in [5, 5.41) is 7.87. The van der Waals surface area contributed by atoms with Gasteiger partial charge < -0.3 is 9.73 Å². The molecule has 3 aromatic rings. The van der Waals surface area contributed by atoms with Crippen LogP contribution in [0, 0.1) is 0 Å². The molecular formula is C16H18N2OS. The summed E-state index contributed by atoms with van der Waals surface area (Å²) < 4.78 is 5.83. The molecule has 1 aromatic carbocycles. The first-order valence-electron chi connectivity index (χ1n) is 6.96. The molecule has 0 fully saturated rings. The first-order chi connectivity index (χ1) is 9.86. The molecule has 3 nitrogen and oxygen atoms in total. The number of nitrogens with zero attached hydrogens (tertiary/aromatic N) is 1. The average Bonchev–Trinajstić information content (AvgIpc) is 3.11. The number of benzene rings is 1. The van der Waals surface area contributed by atoms with Gasteiger partial charge in [-0.1, -0.05) is 19.1 Å². The smallest absolute Gasteiger partial charge is 0.197 e. The normalized spacial score (nSPS) is 12.8. The van der Waals surface area contributed by atoms with Gasteiger partial charge in [0.15, 0.2) is 11.5 Å². The summed E-state index contributed by atoms with van der Waals surface area (Å²) in [6, 6.07) is 10.4. The molecule has 0 amide bonds. The van der Waals surface area contributed by atoms with Gasteiger partial charge in [-0.2, -0.15) is 11.3 Å². The van der Waals surface area contributed by atoms with Crippen molar-refractivity contribution < 1.29 is 4.42 Å². The predicted octanol–water partition coefficient (Wildman–Crippen LogP) is 4.17. The number of rotatable bonds is 6. The number of nitrogens with one attached hydrogen (secondary N) is 1. The van der Waals surface area contributed by atoms with Crippen LogP contribution < -0.4 is 5.32 Å². The van der Waals surface area contributed by atoms with Gasteiger partial charge in [-0.3, -0.25) is 0 Å². The summed E-state index contributed by atoms with van der Waals surface area (Å²) in [5.74, 6) is 0.797. The van der Waals surface area contributed by atoms with Crippen molar-refractivity contribution in [3.63, 3.8) is 0 Å². The Labute approximate surface area is 122 Å². The Balaban J connectivity index is 1.81. The van der Waals surface area contributed by atoms with Crippen LogP contribution in [0.2, 0.25) is 0 Å². The van der Waals surface area contributed by atoms with Crippen molar-refractivity contribution in [1.29, 1.82) is 0 Å². The van der Waals surface area contributed by atoms with Crippen LogP contribution in [-0.4, -0.2) is 11.5 Å². The fraction of sp³-hybridized carbons (Fsp3) is 0.312. The molecule has 0 saturated heterocycles. The molecule has 1 N–H and O–H groups in total. The van der Waals surface area contributed by atoms with Gasteiger partial charge >= 0.3 is 0 Å². The van der Waals surface area contributed by atoms with Crippen molar-refractivity contribution in [1.82, 2.24) is 10.3 Å². The van der Waals surface area contributed by atoms with Crippen LogP contribution in [0.5, 0.6) is 0 Å². The highest BCUT2D eigenvalue weighted by Crippen LogP contribution is 2.23. The van der Waals surface area contributed by atoms with Crippen molar-refractivity contribution in [2.75, 3.05) is 6.54 Å². The summed E-state index contributed by atoms with van der Waals surface area (Å²) in [5.41, 5.74) is 3.11. The van der Waals surface area contributed by atoms with E-state index in [1.165, 1.54) is 5.56 Å². The van der Waals surface area contributed by atoms with Gasteiger partial charge in [-0.05, 0) is 47.5 Å². The summed E-state index contributed by atoms with van der Waals surface area (Å²) in [7, 11) is 0. The monoisotopic (exact) mass is 286 g/mol. The topological polar surface area (TPSA) is 38.1 Å². The van der Waals surface area contributed by atoms with Crippen molar-refractivity contribution >= 4 is 22.4 Å². The number of aromatic nitrogens is 1. The highest BCUT2D eigenvalue weighted by atomic mass is 32.1. The quantitative estimate of drug-likeness (QED) is 0.739. The average molecular weight is 286 g/mol. The van der Waals surface area contributed by atoms with Gasteiger partial charge in [-0.25, -0.2) is 4.98 Å². The van der Waals surface area contributed by atoms with Crippen molar-refractivity contribution in [3.05, 3.63) is 52.5 Å². The third-order valence-corrected chi connectivity index (χ3v) is 4.00. The van der Waals surface area contributed by atoms with Gasteiger partial charge in [0.05, 0.1) is 0 Å². The maximum absolute atomic E-state index is 5.83. The summed E-state index contributed by atoms with van der Waals surface area (Å²) in [6.45, 7) is 3.18. The second-order valence-electron chi connectivity index (χ2n) is 4.84. The van der Waals surface area contributed by atoms with Crippen LogP contribution in [0.15, 0.2) is 45.5 Å². The molecule has 3 rings (SSSR count). The minimum atomic E-state index is 0.272. The number of hydrogen-bond acceptors (Lipinski definition) is 4. The highest BCUT2D eigenvalue weighted by molar-refractivity contribution is 7.07. The second kappa shape index (κ2) is 6.20. The maximum atomic E-state index is 5.83. The van der Waals surface area contributed by atoms with Crippen LogP contribution in [0.3, 0.4) is 0 Å². The molecule has 0 saturated carbocycles. The zero-order valence-corrected chi connectivity index (χ0v) is 12.3. The molecule has 104 valence electrons. The zero-order chi connectivity index (χ0) is 13.8. The first-order valence-corrected chi connectivity index (χ1v) is 7.91. The van der Waals surface area contributed by atoms with Crippen molar-refractivity contribution in [3.8, 4) is 0 Å². The molecular weight excluding hydrogens is 268 g/mol. The van der Waals surface area contributed by atoms with E-state index >= 15 is 0 Å². The number of oxazole rings is 1. The molecule has 0 bridgehead atoms. The molecule has 0 spiro atoms. The minimum absolute atomic E-state index is 0.272. The van der Waals surface area contributed by atoms with Gasteiger partial charge in [0.25, 0.3) is 0 Å². The second-order valence-corrected chi connectivity index (χ2v) is 5.62. The van der Waals surface area contributed by atoms with Gasteiger partial charge in [0.1, 0.15) is 5.52 Å². The minimum Gasteiger partial charge on any atom is -0.441 e. The largest absolute Gasteiger partial charge is 0.441 e. The van der Waals surface area contributed by atoms with Crippen molar-refractivity contribution in [2.45, 2.75) is 25.8 Å². The lowest BCUT2D eigenvalue weighted by Gasteiger charge is -2.15. The van der Waals surface area contributed by atoms with Gasteiger partial charge in [0, 0.05) is 12.5 Å². The van der Waals surface area contributed by atoms with Crippen LogP contribution in [-0.2, 0) is 6.42 Å². The SMILES string of the molecule is CCCNC(Cc1nc2ccccc2o1)c1ccsc1. The molecule has 2 heterocycles. The Hall–Kier alpha value is -1.65. The standard InChI is InChI=1S/C16H18N2OS/c1-2-8-17-14(12-7-9-20-11-12)10-16-18-13-5-3-4-6-15(13)19-16/h3-7,9,11,14,17H,2,8,10H2,1H3. The number of fused-ring (bicyclic) bond motifs is 1. The maximum Gasteiger partial charge on any atom is 0.197 e. The van der Waals surface area contributed by atoms with Gasteiger partial charge in [0.2, 0.25) is 0 Å². The van der Waals surface area contributed by atoms with Crippen LogP contribution in [0.25, 0.3) is 11.1 Å². The molecule has 0 aliphatic carbocycles. The van der Waals surface area contributed by atoms with Crippen LogP contribution in [0.1, 0.15) is 30.8 Å². The van der Waals surface area contributed by atoms with E-state index in [9.17, 15) is 0 Å². The lowest BCUT2D eigenvalue weighted by molar-refractivity contribution is 0.454. The number of thiophene rings is 1. The van der Waals surface area contributed by atoms with Crippen LogP contribution >= 0.6 is 11.3 Å². The molecule has 0 radical (unpaired) electrons. The Morgan fingerprint density at radius 2 is 2.20 bits per heavy atom. The van der Waals surface area contributed by atoms with Gasteiger partial charge in [-0.15, -0.1) is 0 Å². The molecule has 2 aromatic heterocycles. The molecule has 20 heavy (non-hydrogen) atoms. The van der Waals surface area contributed by atoms with E-state index in [2.05, 4.69) is 34.1 Å².